The quantitative estimate of drug-likeness (QED) is 0.742. The summed E-state index contributed by atoms with van der Waals surface area (Å²) in [7, 11) is 0. The number of carbonyl (C=O) groups excluding carboxylic acids is 1. The SMILES string of the molecule is CCCNC(C)(CCn1cnc(C)c1C)C(=O)OCC. The summed E-state index contributed by atoms with van der Waals surface area (Å²) in [5, 5.41) is 3.32. The van der Waals surface area contributed by atoms with E-state index in [9.17, 15) is 4.79 Å². The van der Waals surface area contributed by atoms with Gasteiger partial charge in [-0.05, 0) is 47.1 Å². The van der Waals surface area contributed by atoms with Gasteiger partial charge >= 0.3 is 5.97 Å². The second kappa shape index (κ2) is 7.43. The molecule has 1 atom stereocenters. The van der Waals surface area contributed by atoms with Crippen LogP contribution in [0.4, 0.5) is 0 Å². The molecule has 5 nitrogen and oxygen atoms in total. The van der Waals surface area contributed by atoms with Crippen molar-refractivity contribution in [2.45, 2.75) is 59.5 Å². The Hall–Kier alpha value is -1.36. The summed E-state index contributed by atoms with van der Waals surface area (Å²) < 4.78 is 7.29. The Morgan fingerprint density at radius 2 is 2.15 bits per heavy atom. The Morgan fingerprint density at radius 3 is 2.65 bits per heavy atom. The predicted molar refractivity (Wildman–Crippen MR) is 79.6 cm³/mol. The lowest BCUT2D eigenvalue weighted by atomic mass is 9.97. The van der Waals surface area contributed by atoms with E-state index in [1.807, 2.05) is 34.0 Å². The Labute approximate surface area is 121 Å². The van der Waals surface area contributed by atoms with Gasteiger partial charge in [-0.1, -0.05) is 6.92 Å². The number of hydrogen-bond acceptors (Lipinski definition) is 4. The van der Waals surface area contributed by atoms with E-state index in [1.54, 1.807) is 0 Å². The molecule has 0 aliphatic carbocycles. The second-order valence-electron chi connectivity index (χ2n) is 5.34. The Balaban J connectivity index is 2.74. The molecule has 0 saturated carbocycles. The molecule has 114 valence electrons. The third kappa shape index (κ3) is 4.07. The highest BCUT2D eigenvalue weighted by Gasteiger charge is 2.33. The monoisotopic (exact) mass is 281 g/mol. The van der Waals surface area contributed by atoms with Crippen molar-refractivity contribution in [2.75, 3.05) is 13.2 Å². The summed E-state index contributed by atoms with van der Waals surface area (Å²) in [6.07, 6.45) is 3.50. The normalized spacial score (nSPS) is 14.1. The number of hydrogen-bond donors (Lipinski definition) is 1. The van der Waals surface area contributed by atoms with Crippen LogP contribution in [0.1, 0.15) is 45.0 Å². The molecule has 0 aliphatic rings. The number of nitrogens with zero attached hydrogens (tertiary/aromatic N) is 2. The van der Waals surface area contributed by atoms with Crippen LogP contribution >= 0.6 is 0 Å². The van der Waals surface area contributed by atoms with E-state index >= 15 is 0 Å². The molecule has 0 amide bonds. The van der Waals surface area contributed by atoms with Crippen LogP contribution in [0.25, 0.3) is 0 Å². The Morgan fingerprint density at radius 1 is 1.45 bits per heavy atom. The molecule has 1 heterocycles. The average Bonchev–Trinajstić information content (AvgIpc) is 2.74. The molecule has 0 radical (unpaired) electrons. The summed E-state index contributed by atoms with van der Waals surface area (Å²) in [6.45, 7) is 11.8. The lowest BCUT2D eigenvalue weighted by Crippen LogP contribution is -2.51. The van der Waals surface area contributed by atoms with E-state index in [0.717, 1.165) is 30.9 Å². The molecule has 1 rings (SSSR count). The minimum Gasteiger partial charge on any atom is -0.465 e. The van der Waals surface area contributed by atoms with Gasteiger partial charge in [0, 0.05) is 12.2 Å². The molecule has 0 fully saturated rings. The van der Waals surface area contributed by atoms with Gasteiger partial charge in [0.05, 0.1) is 18.6 Å². The van der Waals surface area contributed by atoms with Crippen LogP contribution < -0.4 is 5.32 Å². The number of aromatic nitrogens is 2. The van der Waals surface area contributed by atoms with E-state index in [-0.39, 0.29) is 5.97 Å². The number of aryl methyl sites for hydroxylation is 2. The number of imidazole rings is 1. The van der Waals surface area contributed by atoms with E-state index < -0.39 is 5.54 Å². The summed E-state index contributed by atoms with van der Waals surface area (Å²) in [5.74, 6) is -0.178. The van der Waals surface area contributed by atoms with Gasteiger partial charge < -0.3 is 14.6 Å². The molecule has 1 aromatic heterocycles. The first kappa shape index (κ1) is 16.7. The highest BCUT2D eigenvalue weighted by Crippen LogP contribution is 2.16. The molecule has 5 heteroatoms. The fraction of sp³-hybridized carbons (Fsp3) is 0.733. The van der Waals surface area contributed by atoms with E-state index in [0.29, 0.717) is 13.0 Å². The van der Waals surface area contributed by atoms with Gasteiger partial charge in [-0.15, -0.1) is 0 Å². The topological polar surface area (TPSA) is 56.2 Å². The van der Waals surface area contributed by atoms with Crippen molar-refractivity contribution >= 4 is 5.97 Å². The van der Waals surface area contributed by atoms with Crippen LogP contribution in [0.15, 0.2) is 6.33 Å². The zero-order valence-electron chi connectivity index (χ0n) is 13.3. The van der Waals surface area contributed by atoms with E-state index in [1.165, 1.54) is 0 Å². The number of rotatable bonds is 8. The number of nitrogens with one attached hydrogen (secondary N) is 1. The molecule has 0 saturated heterocycles. The standard InChI is InChI=1S/C15H27N3O2/c1-6-9-17-15(5,14(19)20-7-2)8-10-18-11-16-12(3)13(18)4/h11,17H,6-10H2,1-5H3. The zero-order chi connectivity index (χ0) is 15.2. The lowest BCUT2D eigenvalue weighted by molar-refractivity contribution is -0.151. The largest absolute Gasteiger partial charge is 0.465 e. The van der Waals surface area contributed by atoms with Crippen LogP contribution in [-0.4, -0.2) is 34.2 Å². The third-order valence-corrected chi connectivity index (χ3v) is 3.69. The van der Waals surface area contributed by atoms with Gasteiger partial charge in [0.15, 0.2) is 0 Å². The van der Waals surface area contributed by atoms with Crippen molar-refractivity contribution in [1.29, 1.82) is 0 Å². The molecule has 0 aromatic carbocycles. The van der Waals surface area contributed by atoms with Crippen LogP contribution in [-0.2, 0) is 16.1 Å². The highest BCUT2D eigenvalue weighted by atomic mass is 16.5. The fourth-order valence-electron chi connectivity index (χ4n) is 2.07. The van der Waals surface area contributed by atoms with Crippen molar-refractivity contribution in [1.82, 2.24) is 14.9 Å². The Bertz CT molecular complexity index is 442. The third-order valence-electron chi connectivity index (χ3n) is 3.69. The van der Waals surface area contributed by atoms with Crippen molar-refractivity contribution in [2.24, 2.45) is 0 Å². The van der Waals surface area contributed by atoms with Gasteiger partial charge in [0.2, 0.25) is 0 Å². The first-order chi connectivity index (χ1) is 9.44. The van der Waals surface area contributed by atoms with Crippen LogP contribution in [0.3, 0.4) is 0 Å². The maximum Gasteiger partial charge on any atom is 0.326 e. The molecule has 1 aromatic rings. The van der Waals surface area contributed by atoms with E-state index in [4.69, 9.17) is 4.74 Å². The van der Waals surface area contributed by atoms with Crippen LogP contribution in [0, 0.1) is 13.8 Å². The lowest BCUT2D eigenvalue weighted by Gasteiger charge is -2.28. The summed E-state index contributed by atoms with van der Waals surface area (Å²) >= 11 is 0. The summed E-state index contributed by atoms with van der Waals surface area (Å²) in [6, 6.07) is 0. The number of carbonyl (C=O) groups is 1. The molecule has 1 N–H and O–H groups in total. The van der Waals surface area contributed by atoms with Crippen LogP contribution in [0.5, 0.6) is 0 Å². The Kier molecular flexibility index (Phi) is 6.20. The van der Waals surface area contributed by atoms with Crippen LogP contribution in [0.2, 0.25) is 0 Å². The maximum absolute atomic E-state index is 12.2. The first-order valence-corrected chi connectivity index (χ1v) is 7.35. The molecular weight excluding hydrogens is 254 g/mol. The van der Waals surface area contributed by atoms with E-state index in [2.05, 4.69) is 21.8 Å². The molecule has 0 aliphatic heterocycles. The molecule has 0 spiro atoms. The van der Waals surface area contributed by atoms with Gasteiger partial charge in [-0.25, -0.2) is 4.98 Å². The van der Waals surface area contributed by atoms with Crippen molar-refractivity contribution in [3.8, 4) is 0 Å². The minimum atomic E-state index is -0.642. The van der Waals surface area contributed by atoms with Gasteiger partial charge in [-0.2, -0.15) is 0 Å². The maximum atomic E-state index is 12.2. The highest BCUT2D eigenvalue weighted by molar-refractivity contribution is 5.80. The number of ether oxygens (including phenoxy) is 1. The molecule has 1 unspecified atom stereocenters. The predicted octanol–water partition coefficient (Wildman–Crippen LogP) is 2.21. The average molecular weight is 281 g/mol. The number of esters is 1. The molecular formula is C15H27N3O2. The second-order valence-corrected chi connectivity index (χ2v) is 5.34. The molecule has 20 heavy (non-hydrogen) atoms. The van der Waals surface area contributed by atoms with Crippen molar-refractivity contribution < 1.29 is 9.53 Å². The van der Waals surface area contributed by atoms with Gasteiger partial charge in [0.1, 0.15) is 5.54 Å². The smallest absolute Gasteiger partial charge is 0.326 e. The summed E-state index contributed by atoms with van der Waals surface area (Å²) in [4.78, 5) is 16.5. The molecule has 0 bridgehead atoms. The first-order valence-electron chi connectivity index (χ1n) is 7.35. The summed E-state index contributed by atoms with van der Waals surface area (Å²) in [5.41, 5.74) is 1.53. The van der Waals surface area contributed by atoms with Crippen molar-refractivity contribution in [3.63, 3.8) is 0 Å². The zero-order valence-corrected chi connectivity index (χ0v) is 13.3. The van der Waals surface area contributed by atoms with Crippen molar-refractivity contribution in [3.05, 3.63) is 17.7 Å². The minimum absolute atomic E-state index is 0.178. The van der Waals surface area contributed by atoms with Gasteiger partial charge in [0.25, 0.3) is 0 Å². The fourth-order valence-corrected chi connectivity index (χ4v) is 2.07. The van der Waals surface area contributed by atoms with Gasteiger partial charge in [-0.3, -0.25) is 4.79 Å².